The minimum absolute atomic E-state index is 0.0900. The summed E-state index contributed by atoms with van der Waals surface area (Å²) in [5.41, 5.74) is 5.13. The molecule has 41 heavy (non-hydrogen) atoms. The van der Waals surface area contributed by atoms with Crippen molar-refractivity contribution in [2.24, 2.45) is 4.99 Å². The number of aliphatic carboxylic acids is 1. The Balaban J connectivity index is 1.22. The number of benzene rings is 3. The number of amides is 1. The summed E-state index contributed by atoms with van der Waals surface area (Å²) in [6.07, 6.45) is 8.09. The van der Waals surface area contributed by atoms with E-state index in [9.17, 15) is 14.0 Å². The summed E-state index contributed by atoms with van der Waals surface area (Å²) in [6.45, 7) is 0.808. The molecule has 0 bridgehead atoms. The summed E-state index contributed by atoms with van der Waals surface area (Å²) in [5, 5.41) is 9.33. The fourth-order valence-electron chi connectivity index (χ4n) is 5.35. The van der Waals surface area contributed by atoms with E-state index in [0.717, 1.165) is 17.8 Å². The molecule has 1 N–H and O–H groups in total. The standard InChI is InChI=1S/C33H34FN3O3S/c1-36(21-23-8-12-25(13-9-23)24-6-4-3-5-7-24)28-16-10-22(11-17-28)18-30-32(40)37(2)33(41-30)35-27-15-14-26(19-31(38)39)29(34)20-27/h8-18,20,24H,3-7,19,21H2,1-2H3,(H,38,39)/b30-18-,35-33+. The average Bonchev–Trinajstić information content (AvgIpc) is 3.23. The van der Waals surface area contributed by atoms with Gasteiger partial charge >= 0.3 is 5.97 Å². The van der Waals surface area contributed by atoms with Gasteiger partial charge in [0.25, 0.3) is 5.91 Å². The Bertz CT molecular complexity index is 1480. The predicted octanol–water partition coefficient (Wildman–Crippen LogP) is 7.37. The smallest absolute Gasteiger partial charge is 0.307 e. The highest BCUT2D eigenvalue weighted by Gasteiger charge is 2.30. The SMILES string of the molecule is CN1C(=O)/C(=C/c2ccc(N(C)Cc3ccc(C4CCCCC4)cc3)cc2)S/C1=N/c1ccc(CC(=O)O)c(F)c1. The van der Waals surface area contributed by atoms with Crippen LogP contribution in [0.5, 0.6) is 0 Å². The number of thioether (sulfide) groups is 1. The van der Waals surface area contributed by atoms with Crippen LogP contribution in [0.4, 0.5) is 15.8 Å². The molecule has 212 valence electrons. The number of hydrogen-bond acceptors (Lipinski definition) is 5. The van der Waals surface area contributed by atoms with Gasteiger partial charge < -0.3 is 10.0 Å². The molecule has 1 aliphatic heterocycles. The van der Waals surface area contributed by atoms with E-state index in [4.69, 9.17) is 5.11 Å². The fraction of sp³-hybridized carbons (Fsp3) is 0.303. The third-order valence-electron chi connectivity index (χ3n) is 7.71. The Morgan fingerprint density at radius 1 is 1.07 bits per heavy atom. The lowest BCUT2D eigenvalue weighted by molar-refractivity contribution is -0.136. The second-order valence-corrected chi connectivity index (χ2v) is 11.7. The van der Waals surface area contributed by atoms with E-state index in [2.05, 4.69) is 41.2 Å². The van der Waals surface area contributed by atoms with Crippen LogP contribution < -0.4 is 4.90 Å². The summed E-state index contributed by atoms with van der Waals surface area (Å²) < 4.78 is 14.3. The number of likely N-dealkylation sites (N-methyl/N-ethyl adjacent to an activating group) is 1. The zero-order valence-electron chi connectivity index (χ0n) is 23.3. The van der Waals surface area contributed by atoms with Crippen LogP contribution in [0.1, 0.15) is 60.3 Å². The minimum Gasteiger partial charge on any atom is -0.481 e. The van der Waals surface area contributed by atoms with Crippen molar-refractivity contribution in [1.82, 2.24) is 4.90 Å². The van der Waals surface area contributed by atoms with Crippen LogP contribution >= 0.6 is 11.8 Å². The number of carboxylic acid groups (broad SMARTS) is 1. The van der Waals surface area contributed by atoms with E-state index in [1.165, 1.54) is 72.0 Å². The van der Waals surface area contributed by atoms with Crippen LogP contribution in [-0.2, 0) is 22.6 Å². The highest BCUT2D eigenvalue weighted by atomic mass is 32.2. The van der Waals surface area contributed by atoms with E-state index >= 15 is 0 Å². The molecule has 1 saturated carbocycles. The van der Waals surface area contributed by atoms with Crippen molar-refractivity contribution >= 4 is 46.3 Å². The lowest BCUT2D eigenvalue weighted by Crippen LogP contribution is -2.23. The number of carbonyl (C=O) groups is 2. The van der Waals surface area contributed by atoms with Crippen molar-refractivity contribution in [2.75, 3.05) is 19.0 Å². The first-order valence-electron chi connectivity index (χ1n) is 13.9. The van der Waals surface area contributed by atoms with E-state index in [1.54, 1.807) is 13.1 Å². The molecule has 8 heteroatoms. The number of carbonyl (C=O) groups excluding carboxylic acids is 1. The topological polar surface area (TPSA) is 73.2 Å². The Morgan fingerprint density at radius 2 is 1.78 bits per heavy atom. The number of aliphatic imine (C=N–C) groups is 1. The molecule has 6 nitrogen and oxygen atoms in total. The van der Waals surface area contributed by atoms with Crippen LogP contribution in [0, 0.1) is 5.82 Å². The van der Waals surface area contributed by atoms with Gasteiger partial charge in [-0.25, -0.2) is 9.38 Å². The van der Waals surface area contributed by atoms with Crippen LogP contribution in [0.2, 0.25) is 0 Å². The van der Waals surface area contributed by atoms with Gasteiger partial charge in [0.2, 0.25) is 0 Å². The maximum absolute atomic E-state index is 14.3. The molecule has 0 radical (unpaired) electrons. The second-order valence-electron chi connectivity index (χ2n) is 10.7. The van der Waals surface area contributed by atoms with E-state index < -0.39 is 18.2 Å². The summed E-state index contributed by atoms with van der Waals surface area (Å²) in [4.78, 5) is 32.3. The summed E-state index contributed by atoms with van der Waals surface area (Å²) in [7, 11) is 3.71. The van der Waals surface area contributed by atoms with Gasteiger partial charge in [-0.3, -0.25) is 14.5 Å². The third-order valence-corrected chi connectivity index (χ3v) is 8.77. The Hall–Kier alpha value is -3.91. The highest BCUT2D eigenvalue weighted by molar-refractivity contribution is 8.18. The van der Waals surface area contributed by atoms with Crippen LogP contribution in [0.15, 0.2) is 76.6 Å². The molecule has 0 atom stereocenters. The number of rotatable bonds is 8. The van der Waals surface area contributed by atoms with Crippen molar-refractivity contribution in [2.45, 2.75) is 51.0 Å². The number of nitrogens with zero attached hydrogens (tertiary/aromatic N) is 3. The Labute approximate surface area is 244 Å². The second kappa shape index (κ2) is 12.7. The summed E-state index contributed by atoms with van der Waals surface area (Å²) in [6, 6.07) is 21.3. The molecule has 3 aromatic carbocycles. The Kier molecular flexibility index (Phi) is 8.88. The molecule has 2 fully saturated rings. The number of halogens is 1. The van der Waals surface area contributed by atoms with Crippen molar-refractivity contribution < 1.29 is 19.1 Å². The van der Waals surface area contributed by atoms with Gasteiger partial charge in [0.1, 0.15) is 5.82 Å². The first-order valence-corrected chi connectivity index (χ1v) is 14.7. The first-order chi connectivity index (χ1) is 19.8. The van der Waals surface area contributed by atoms with Crippen molar-refractivity contribution in [3.8, 4) is 0 Å². The molecule has 1 amide bonds. The Morgan fingerprint density at radius 3 is 2.44 bits per heavy atom. The fourth-order valence-corrected chi connectivity index (χ4v) is 6.33. The van der Waals surface area contributed by atoms with Gasteiger partial charge in [-0.05, 0) is 83.1 Å². The van der Waals surface area contributed by atoms with Crippen molar-refractivity contribution in [1.29, 1.82) is 0 Å². The number of anilines is 1. The van der Waals surface area contributed by atoms with Gasteiger partial charge in [0, 0.05) is 26.3 Å². The molecule has 2 aliphatic rings. The molecule has 5 rings (SSSR count). The maximum atomic E-state index is 14.3. The number of amidine groups is 1. The zero-order valence-corrected chi connectivity index (χ0v) is 24.2. The molecular weight excluding hydrogens is 537 g/mol. The minimum atomic E-state index is -1.10. The van der Waals surface area contributed by atoms with Gasteiger partial charge in [-0.15, -0.1) is 0 Å². The van der Waals surface area contributed by atoms with Gasteiger partial charge in [-0.2, -0.15) is 0 Å². The molecule has 0 unspecified atom stereocenters. The molecule has 3 aromatic rings. The average molecular weight is 572 g/mol. The lowest BCUT2D eigenvalue weighted by atomic mass is 9.84. The molecule has 1 heterocycles. The van der Waals surface area contributed by atoms with Crippen molar-refractivity contribution in [3.63, 3.8) is 0 Å². The maximum Gasteiger partial charge on any atom is 0.307 e. The van der Waals surface area contributed by atoms with Crippen LogP contribution in [-0.4, -0.2) is 41.1 Å². The van der Waals surface area contributed by atoms with Gasteiger partial charge in [0.05, 0.1) is 17.0 Å². The zero-order chi connectivity index (χ0) is 28.9. The lowest BCUT2D eigenvalue weighted by Gasteiger charge is -2.23. The monoisotopic (exact) mass is 571 g/mol. The van der Waals surface area contributed by atoms with Gasteiger partial charge in [0.15, 0.2) is 5.17 Å². The number of carboxylic acids is 1. The highest BCUT2D eigenvalue weighted by Crippen LogP contribution is 2.34. The quantitative estimate of drug-likeness (QED) is 0.286. The largest absolute Gasteiger partial charge is 0.481 e. The summed E-state index contributed by atoms with van der Waals surface area (Å²) >= 11 is 1.22. The van der Waals surface area contributed by atoms with Crippen LogP contribution in [0.25, 0.3) is 6.08 Å². The first kappa shape index (κ1) is 28.6. The molecule has 1 saturated heterocycles. The predicted molar refractivity (Wildman–Crippen MR) is 164 cm³/mol. The number of hydrogen-bond donors (Lipinski definition) is 1. The summed E-state index contributed by atoms with van der Waals surface area (Å²) in [5.74, 6) is -1.21. The van der Waals surface area contributed by atoms with E-state index in [-0.39, 0.29) is 11.5 Å². The molecule has 0 aromatic heterocycles. The third kappa shape index (κ3) is 7.06. The molecule has 1 aliphatic carbocycles. The van der Waals surface area contributed by atoms with E-state index in [0.29, 0.717) is 21.7 Å². The van der Waals surface area contributed by atoms with Gasteiger partial charge in [-0.1, -0.05) is 61.7 Å². The normalized spacial score (nSPS) is 17.9. The molecular formula is C33H34FN3O3S. The molecule has 0 spiro atoms. The van der Waals surface area contributed by atoms with Crippen molar-refractivity contribution in [3.05, 3.63) is 99.7 Å². The van der Waals surface area contributed by atoms with Crippen LogP contribution in [0.3, 0.4) is 0 Å². The van der Waals surface area contributed by atoms with E-state index in [1.807, 2.05) is 30.3 Å².